The number of rotatable bonds is 7. The number of nitrogens with one attached hydrogen (secondary N) is 1. The minimum atomic E-state index is -5.08. The number of benzene rings is 1. The third-order valence-corrected chi connectivity index (χ3v) is 2.53. The number of alkyl halides is 3. The van der Waals surface area contributed by atoms with E-state index in [1.165, 1.54) is 14.0 Å². The molecular weight excluding hydrogens is 377 g/mol. The number of carbonyl (C=O) groups excluding carboxylic acids is 2. The lowest BCUT2D eigenvalue weighted by Gasteiger charge is -2.12. The third-order valence-electron chi connectivity index (χ3n) is 2.53. The van der Waals surface area contributed by atoms with Crippen molar-refractivity contribution in [3.8, 4) is 11.5 Å². The summed E-state index contributed by atoms with van der Waals surface area (Å²) in [7, 11) is 1.48. The number of methoxy groups -OCH3 is 1. The van der Waals surface area contributed by atoms with Gasteiger partial charge < -0.3 is 30.4 Å². The Morgan fingerprint density at radius 2 is 1.81 bits per heavy atom. The van der Waals surface area contributed by atoms with Crippen LogP contribution in [0.2, 0.25) is 0 Å². The monoisotopic (exact) mass is 396 g/mol. The first-order valence-electron chi connectivity index (χ1n) is 7.25. The number of carboxylic acids is 1. The van der Waals surface area contributed by atoms with Crippen LogP contribution in [0.15, 0.2) is 18.2 Å². The van der Waals surface area contributed by atoms with Crippen LogP contribution < -0.4 is 20.5 Å². The van der Waals surface area contributed by atoms with Gasteiger partial charge in [0.05, 0.1) is 19.3 Å². The number of anilines is 1. The lowest BCUT2D eigenvalue weighted by Crippen LogP contribution is -2.22. The molecule has 0 aliphatic rings. The normalized spacial score (nSPS) is 10.1. The van der Waals surface area contributed by atoms with Crippen LogP contribution in [0, 0.1) is 0 Å². The number of esters is 1. The first kappa shape index (κ1) is 24.0. The standard InChI is InChI=1S/C13H18N2O5.C2HF3O2/c1-9(16)19-5-6-20-10-3-4-11(12(7-10)18-2)15-13(17)8-14;3-2(4,5)1(6)7/h3-4,7H,5-6,8,14H2,1-2H3,(H,15,17);(H,6,7). The van der Waals surface area contributed by atoms with Gasteiger partial charge in [-0.1, -0.05) is 0 Å². The van der Waals surface area contributed by atoms with E-state index < -0.39 is 12.1 Å². The maximum atomic E-state index is 11.2. The van der Waals surface area contributed by atoms with Crippen molar-refractivity contribution in [2.45, 2.75) is 13.1 Å². The largest absolute Gasteiger partial charge is 0.494 e. The number of aliphatic carboxylic acids is 1. The number of carbonyl (C=O) groups is 3. The molecule has 27 heavy (non-hydrogen) atoms. The van der Waals surface area contributed by atoms with Crippen molar-refractivity contribution in [1.29, 1.82) is 0 Å². The average Bonchev–Trinajstić information content (AvgIpc) is 2.59. The fourth-order valence-electron chi connectivity index (χ4n) is 1.41. The fourth-order valence-corrected chi connectivity index (χ4v) is 1.41. The Balaban J connectivity index is 0.000000821. The van der Waals surface area contributed by atoms with E-state index in [2.05, 4.69) is 5.32 Å². The minimum absolute atomic E-state index is 0.107. The van der Waals surface area contributed by atoms with Gasteiger partial charge in [0.2, 0.25) is 5.91 Å². The summed E-state index contributed by atoms with van der Waals surface area (Å²) in [6.45, 7) is 1.63. The number of ether oxygens (including phenoxy) is 3. The van der Waals surface area contributed by atoms with E-state index in [-0.39, 0.29) is 31.6 Å². The maximum absolute atomic E-state index is 11.2. The van der Waals surface area contributed by atoms with Gasteiger partial charge >= 0.3 is 18.1 Å². The van der Waals surface area contributed by atoms with E-state index in [0.29, 0.717) is 17.2 Å². The van der Waals surface area contributed by atoms with Gasteiger partial charge in [-0.05, 0) is 12.1 Å². The summed E-state index contributed by atoms with van der Waals surface area (Å²) in [5, 5.41) is 9.73. The molecule has 0 unspecified atom stereocenters. The van der Waals surface area contributed by atoms with E-state index in [9.17, 15) is 22.8 Å². The van der Waals surface area contributed by atoms with Crippen molar-refractivity contribution >= 4 is 23.5 Å². The molecule has 0 aromatic heterocycles. The van der Waals surface area contributed by atoms with E-state index in [1.807, 2.05) is 0 Å². The van der Waals surface area contributed by atoms with Crippen LogP contribution in [0.25, 0.3) is 0 Å². The summed E-state index contributed by atoms with van der Waals surface area (Å²) >= 11 is 0. The second-order valence-corrected chi connectivity index (χ2v) is 4.61. The molecule has 0 aliphatic heterocycles. The van der Waals surface area contributed by atoms with E-state index in [0.717, 1.165) is 0 Å². The highest BCUT2D eigenvalue weighted by atomic mass is 19.4. The lowest BCUT2D eigenvalue weighted by molar-refractivity contribution is -0.192. The highest BCUT2D eigenvalue weighted by molar-refractivity contribution is 5.93. The van der Waals surface area contributed by atoms with Crippen LogP contribution in [-0.4, -0.2) is 56.0 Å². The Labute approximate surface area is 152 Å². The molecule has 0 spiro atoms. The van der Waals surface area contributed by atoms with Crippen LogP contribution in [0.1, 0.15) is 6.92 Å². The SMILES string of the molecule is COc1cc(OCCOC(C)=O)ccc1NC(=O)CN.O=C(O)C(F)(F)F. The zero-order chi connectivity index (χ0) is 21.0. The minimum Gasteiger partial charge on any atom is -0.494 e. The zero-order valence-corrected chi connectivity index (χ0v) is 14.5. The third kappa shape index (κ3) is 10.5. The van der Waals surface area contributed by atoms with Gasteiger partial charge in [0.1, 0.15) is 24.7 Å². The molecule has 12 heteroatoms. The first-order valence-corrected chi connectivity index (χ1v) is 7.25. The smallest absolute Gasteiger partial charge is 0.490 e. The predicted octanol–water partition coefficient (Wildman–Crippen LogP) is 1.17. The summed E-state index contributed by atoms with van der Waals surface area (Å²) < 4.78 is 47.0. The number of halogens is 3. The molecule has 0 heterocycles. The number of nitrogens with two attached hydrogens (primary N) is 1. The topological polar surface area (TPSA) is 137 Å². The Kier molecular flexibility index (Phi) is 10.3. The predicted molar refractivity (Wildman–Crippen MR) is 86.5 cm³/mol. The van der Waals surface area contributed by atoms with Gasteiger partial charge in [0.25, 0.3) is 0 Å². The molecule has 1 aromatic rings. The van der Waals surface area contributed by atoms with Crippen molar-refractivity contribution in [3.05, 3.63) is 18.2 Å². The van der Waals surface area contributed by atoms with E-state index in [4.69, 9.17) is 29.8 Å². The van der Waals surface area contributed by atoms with E-state index >= 15 is 0 Å². The molecule has 0 fully saturated rings. The summed E-state index contributed by atoms with van der Waals surface area (Å²) in [4.78, 5) is 30.7. The van der Waals surface area contributed by atoms with Crippen molar-refractivity contribution in [3.63, 3.8) is 0 Å². The van der Waals surface area contributed by atoms with Crippen LogP contribution in [0.4, 0.5) is 18.9 Å². The molecule has 0 radical (unpaired) electrons. The Morgan fingerprint density at radius 1 is 1.22 bits per heavy atom. The number of carboxylic acid groups (broad SMARTS) is 1. The second-order valence-electron chi connectivity index (χ2n) is 4.61. The van der Waals surface area contributed by atoms with Crippen molar-refractivity contribution in [2.75, 3.05) is 32.2 Å². The van der Waals surface area contributed by atoms with Crippen molar-refractivity contribution < 1.29 is 46.9 Å². The number of hydrogen-bond acceptors (Lipinski definition) is 7. The zero-order valence-electron chi connectivity index (χ0n) is 14.5. The lowest BCUT2D eigenvalue weighted by atomic mass is 10.2. The summed E-state index contributed by atoms with van der Waals surface area (Å²) in [5.41, 5.74) is 5.74. The van der Waals surface area contributed by atoms with Gasteiger partial charge in [-0.25, -0.2) is 4.79 Å². The maximum Gasteiger partial charge on any atom is 0.490 e. The molecule has 0 saturated heterocycles. The van der Waals surface area contributed by atoms with Crippen LogP contribution >= 0.6 is 0 Å². The summed E-state index contributed by atoms with van der Waals surface area (Å²) in [5.74, 6) is -2.43. The molecule has 1 aromatic carbocycles. The van der Waals surface area contributed by atoms with Crippen LogP contribution in [0.3, 0.4) is 0 Å². The highest BCUT2D eigenvalue weighted by Crippen LogP contribution is 2.29. The molecule has 0 aliphatic carbocycles. The summed E-state index contributed by atoms with van der Waals surface area (Å²) in [6, 6.07) is 4.94. The first-order chi connectivity index (χ1) is 12.5. The summed E-state index contributed by atoms with van der Waals surface area (Å²) in [6.07, 6.45) is -5.08. The molecule has 0 atom stereocenters. The van der Waals surface area contributed by atoms with Crippen molar-refractivity contribution in [2.24, 2.45) is 5.73 Å². The molecule has 1 amide bonds. The number of amides is 1. The van der Waals surface area contributed by atoms with Gasteiger partial charge in [0, 0.05) is 13.0 Å². The van der Waals surface area contributed by atoms with Gasteiger partial charge in [-0.3, -0.25) is 9.59 Å². The molecule has 4 N–H and O–H groups in total. The highest BCUT2D eigenvalue weighted by Gasteiger charge is 2.38. The fraction of sp³-hybridized carbons (Fsp3) is 0.400. The molecule has 9 nitrogen and oxygen atoms in total. The van der Waals surface area contributed by atoms with Crippen LogP contribution in [0.5, 0.6) is 11.5 Å². The quantitative estimate of drug-likeness (QED) is 0.461. The molecular formula is C15H19F3N2O7. The van der Waals surface area contributed by atoms with Crippen molar-refractivity contribution in [1.82, 2.24) is 0 Å². The molecule has 152 valence electrons. The molecule has 0 saturated carbocycles. The van der Waals surface area contributed by atoms with Crippen LogP contribution in [-0.2, 0) is 19.1 Å². The molecule has 0 bridgehead atoms. The Hall–Kier alpha value is -3.02. The number of hydrogen-bond donors (Lipinski definition) is 3. The Bertz CT molecular complexity index is 651. The van der Waals surface area contributed by atoms with Gasteiger partial charge in [-0.2, -0.15) is 13.2 Å². The van der Waals surface area contributed by atoms with E-state index in [1.54, 1.807) is 18.2 Å². The van der Waals surface area contributed by atoms with Gasteiger partial charge in [0.15, 0.2) is 0 Å². The van der Waals surface area contributed by atoms with Gasteiger partial charge in [-0.15, -0.1) is 0 Å². The molecule has 1 rings (SSSR count). The average molecular weight is 396 g/mol. The Morgan fingerprint density at radius 3 is 2.26 bits per heavy atom. The second kappa shape index (κ2) is 11.6.